The smallest absolute Gasteiger partial charge is 0.306 e. The predicted octanol–water partition coefficient (Wildman–Crippen LogP) is 5.71. The molecule has 2 unspecified atom stereocenters. The van der Waals surface area contributed by atoms with Crippen LogP contribution in [0.25, 0.3) is 0 Å². The van der Waals surface area contributed by atoms with Crippen LogP contribution in [0.5, 0.6) is 0 Å². The Kier molecular flexibility index (Phi) is 8.01. The molecular formula is C16H20BrCl3O2. The van der Waals surface area contributed by atoms with Crippen molar-refractivity contribution in [2.24, 2.45) is 5.41 Å². The van der Waals surface area contributed by atoms with Crippen LogP contribution < -0.4 is 0 Å². The lowest BCUT2D eigenvalue weighted by Gasteiger charge is -2.35. The molecule has 2 atom stereocenters. The molecule has 0 fully saturated rings. The van der Waals surface area contributed by atoms with Gasteiger partial charge in [-0.3, -0.25) is 4.79 Å². The largest absolute Gasteiger partial charge is 0.466 e. The summed E-state index contributed by atoms with van der Waals surface area (Å²) >= 11 is 21.4. The van der Waals surface area contributed by atoms with Crippen LogP contribution in [0.4, 0.5) is 0 Å². The maximum atomic E-state index is 12.0. The molecule has 0 N–H and O–H groups in total. The molecule has 1 rings (SSSR count). The summed E-state index contributed by atoms with van der Waals surface area (Å²) in [5.41, 5.74) is 0.709. The molecule has 0 saturated carbocycles. The highest BCUT2D eigenvalue weighted by Gasteiger charge is 2.39. The summed E-state index contributed by atoms with van der Waals surface area (Å²) in [6.45, 7) is 4.16. The van der Waals surface area contributed by atoms with E-state index in [1.165, 1.54) is 0 Å². The maximum Gasteiger partial charge on any atom is 0.306 e. The molecular weight excluding hydrogens is 410 g/mol. The molecule has 2 nitrogen and oxygen atoms in total. The molecule has 0 aliphatic heterocycles. The van der Waals surface area contributed by atoms with Crippen LogP contribution in [0, 0.1) is 5.41 Å². The Labute approximate surface area is 155 Å². The van der Waals surface area contributed by atoms with Gasteiger partial charge in [0.05, 0.1) is 13.0 Å². The molecule has 0 aromatic heterocycles. The zero-order valence-corrected chi connectivity index (χ0v) is 16.5. The number of carbonyl (C=O) groups is 1. The van der Waals surface area contributed by atoms with E-state index in [9.17, 15) is 4.79 Å². The minimum Gasteiger partial charge on any atom is -0.466 e. The number of benzene rings is 1. The van der Waals surface area contributed by atoms with Gasteiger partial charge in [-0.2, -0.15) is 0 Å². The first kappa shape index (κ1) is 20.1. The van der Waals surface area contributed by atoms with E-state index in [2.05, 4.69) is 15.9 Å². The Morgan fingerprint density at radius 2 is 1.86 bits per heavy atom. The maximum absolute atomic E-state index is 12.0. The normalized spacial score (nSPS) is 15.9. The van der Waals surface area contributed by atoms with Gasteiger partial charge in [0.15, 0.2) is 3.79 Å². The van der Waals surface area contributed by atoms with Gasteiger partial charge in [-0.05, 0) is 24.3 Å². The third kappa shape index (κ3) is 7.08. The molecule has 0 radical (unpaired) electrons. The summed E-state index contributed by atoms with van der Waals surface area (Å²) in [5.74, 6) is -0.241. The van der Waals surface area contributed by atoms with Crippen molar-refractivity contribution in [3.8, 4) is 0 Å². The van der Waals surface area contributed by atoms with E-state index in [-0.39, 0.29) is 17.2 Å². The van der Waals surface area contributed by atoms with Gasteiger partial charge in [0.2, 0.25) is 0 Å². The van der Waals surface area contributed by atoms with Gasteiger partial charge in [0.1, 0.15) is 0 Å². The first-order valence-electron chi connectivity index (χ1n) is 7.06. The van der Waals surface area contributed by atoms with Gasteiger partial charge in [-0.1, -0.05) is 88.0 Å². The van der Waals surface area contributed by atoms with Crippen molar-refractivity contribution in [1.82, 2.24) is 0 Å². The van der Waals surface area contributed by atoms with Crippen LogP contribution in [-0.4, -0.2) is 21.2 Å². The van der Waals surface area contributed by atoms with Crippen LogP contribution >= 0.6 is 50.7 Å². The minimum atomic E-state index is -1.37. The van der Waals surface area contributed by atoms with Crippen molar-refractivity contribution in [2.75, 3.05) is 6.61 Å². The highest BCUT2D eigenvalue weighted by molar-refractivity contribution is 9.09. The Hall–Kier alpha value is 0.0400. The van der Waals surface area contributed by atoms with Gasteiger partial charge in [-0.25, -0.2) is 0 Å². The Morgan fingerprint density at radius 1 is 1.27 bits per heavy atom. The predicted molar refractivity (Wildman–Crippen MR) is 97.1 cm³/mol. The van der Waals surface area contributed by atoms with Crippen molar-refractivity contribution in [3.63, 3.8) is 0 Å². The van der Waals surface area contributed by atoms with Crippen LogP contribution in [0.15, 0.2) is 30.3 Å². The van der Waals surface area contributed by atoms with Gasteiger partial charge in [0, 0.05) is 11.2 Å². The molecule has 0 heterocycles. The van der Waals surface area contributed by atoms with E-state index < -0.39 is 9.21 Å². The molecule has 1 aromatic carbocycles. The van der Waals surface area contributed by atoms with Gasteiger partial charge in [0.25, 0.3) is 0 Å². The van der Waals surface area contributed by atoms with Crippen molar-refractivity contribution in [1.29, 1.82) is 0 Å². The summed E-state index contributed by atoms with van der Waals surface area (Å²) in [6, 6.07) is 9.95. The summed E-state index contributed by atoms with van der Waals surface area (Å²) in [6.07, 6.45) is 1.25. The fraction of sp³-hybridized carbons (Fsp3) is 0.562. The first-order valence-corrected chi connectivity index (χ1v) is 9.11. The lowest BCUT2D eigenvalue weighted by Crippen LogP contribution is -2.36. The van der Waals surface area contributed by atoms with E-state index in [0.717, 1.165) is 5.56 Å². The number of ether oxygens (including phenoxy) is 1. The number of halogens is 4. The molecule has 0 aliphatic rings. The number of rotatable bonds is 7. The third-order valence-electron chi connectivity index (χ3n) is 3.47. The zero-order chi connectivity index (χ0) is 16.8. The second kappa shape index (κ2) is 8.77. The fourth-order valence-electron chi connectivity index (χ4n) is 2.34. The van der Waals surface area contributed by atoms with Gasteiger partial charge >= 0.3 is 5.97 Å². The lowest BCUT2D eigenvalue weighted by molar-refractivity contribution is -0.145. The molecule has 0 spiro atoms. The second-order valence-electron chi connectivity index (χ2n) is 5.59. The van der Waals surface area contributed by atoms with E-state index in [1.807, 2.05) is 37.3 Å². The highest BCUT2D eigenvalue weighted by atomic mass is 79.9. The van der Waals surface area contributed by atoms with E-state index >= 15 is 0 Å². The summed E-state index contributed by atoms with van der Waals surface area (Å²) in [7, 11) is 0. The molecule has 124 valence electrons. The summed E-state index contributed by atoms with van der Waals surface area (Å²) in [5, 5.41) is 0. The van der Waals surface area contributed by atoms with Crippen LogP contribution in [0.2, 0.25) is 0 Å². The van der Waals surface area contributed by atoms with Crippen molar-refractivity contribution in [2.45, 2.75) is 41.7 Å². The number of hydrogen-bond acceptors (Lipinski definition) is 2. The van der Waals surface area contributed by atoms with Crippen LogP contribution in [0.1, 0.15) is 32.3 Å². The molecule has 0 bridgehead atoms. The zero-order valence-electron chi connectivity index (χ0n) is 12.6. The van der Waals surface area contributed by atoms with E-state index in [4.69, 9.17) is 39.5 Å². The highest BCUT2D eigenvalue weighted by Crippen LogP contribution is 2.43. The molecule has 0 aliphatic carbocycles. The SMILES string of the molecule is CCOC(=O)CC(C)(Cc1ccccc1)C(Br)CC(Cl)(Cl)Cl. The van der Waals surface area contributed by atoms with Gasteiger partial charge in [-0.15, -0.1) is 0 Å². The first-order chi connectivity index (χ1) is 10.2. The monoisotopic (exact) mass is 428 g/mol. The molecule has 0 amide bonds. The lowest BCUT2D eigenvalue weighted by atomic mass is 9.77. The van der Waals surface area contributed by atoms with Gasteiger partial charge < -0.3 is 4.74 Å². The Balaban J connectivity index is 2.95. The van der Waals surface area contributed by atoms with E-state index in [0.29, 0.717) is 19.4 Å². The summed E-state index contributed by atoms with van der Waals surface area (Å²) in [4.78, 5) is 11.8. The standard InChI is InChI=1S/C16H20BrCl3O2/c1-3-22-14(21)11-15(2,13(17)10-16(18,19)20)9-12-7-5-4-6-8-12/h4-8,13H,3,9-11H2,1-2H3. The number of carbonyl (C=O) groups excluding carboxylic acids is 1. The topological polar surface area (TPSA) is 26.3 Å². The average Bonchev–Trinajstić information content (AvgIpc) is 2.37. The van der Waals surface area contributed by atoms with Crippen molar-refractivity contribution in [3.05, 3.63) is 35.9 Å². The number of esters is 1. The average molecular weight is 431 g/mol. The number of alkyl halides is 4. The molecule has 22 heavy (non-hydrogen) atoms. The van der Waals surface area contributed by atoms with Crippen LogP contribution in [0.3, 0.4) is 0 Å². The molecule has 6 heteroatoms. The van der Waals surface area contributed by atoms with E-state index in [1.54, 1.807) is 6.92 Å². The molecule has 0 saturated heterocycles. The van der Waals surface area contributed by atoms with Crippen molar-refractivity contribution >= 4 is 56.7 Å². The minimum absolute atomic E-state index is 0.142. The molecule has 1 aromatic rings. The summed E-state index contributed by atoms with van der Waals surface area (Å²) < 4.78 is 3.72. The Bertz CT molecular complexity index is 476. The second-order valence-corrected chi connectivity index (χ2v) is 9.21. The third-order valence-corrected chi connectivity index (χ3v) is 5.36. The Morgan fingerprint density at radius 3 is 2.36 bits per heavy atom. The number of hydrogen-bond donors (Lipinski definition) is 0. The van der Waals surface area contributed by atoms with Crippen LogP contribution in [-0.2, 0) is 16.0 Å². The van der Waals surface area contributed by atoms with Crippen molar-refractivity contribution < 1.29 is 9.53 Å². The fourth-order valence-corrected chi connectivity index (χ4v) is 4.17. The quantitative estimate of drug-likeness (QED) is 0.409.